The van der Waals surface area contributed by atoms with Crippen molar-refractivity contribution in [1.29, 1.82) is 0 Å². The molecule has 37 heavy (non-hydrogen) atoms. The van der Waals surface area contributed by atoms with Crippen LogP contribution < -0.4 is 14.8 Å². The summed E-state index contributed by atoms with van der Waals surface area (Å²) in [5.74, 6) is 2.28. The fourth-order valence-corrected chi connectivity index (χ4v) is 5.87. The van der Waals surface area contributed by atoms with Crippen LogP contribution in [0.2, 0.25) is 0 Å². The number of nitrogens with one attached hydrogen (secondary N) is 1. The number of nitrogens with zero attached hydrogens (tertiary/aromatic N) is 2. The lowest BCUT2D eigenvalue weighted by molar-refractivity contribution is -0.139. The van der Waals surface area contributed by atoms with Crippen molar-refractivity contribution < 1.29 is 19.1 Å². The van der Waals surface area contributed by atoms with E-state index in [1.54, 1.807) is 14.2 Å². The summed E-state index contributed by atoms with van der Waals surface area (Å²) in [5, 5.41) is 3.29. The molecule has 1 saturated carbocycles. The molecular formula is C30H39N3O4. The summed E-state index contributed by atoms with van der Waals surface area (Å²) in [5.41, 5.74) is 1.96. The van der Waals surface area contributed by atoms with Crippen LogP contribution in [-0.4, -0.2) is 62.0 Å². The SMILES string of the molecule is COc1ccc(CN2CCC3(CCN(CCC(NC(=O)C4CC4)c4ccccc4OC)CC3)C2=O)cc1. The minimum atomic E-state index is -0.217. The molecule has 3 aliphatic rings. The number of hydrogen-bond donors (Lipinski definition) is 1. The average molecular weight is 506 g/mol. The molecule has 0 radical (unpaired) electrons. The number of ether oxygens (including phenoxy) is 2. The number of piperidine rings is 1. The van der Waals surface area contributed by atoms with Crippen molar-refractivity contribution in [1.82, 2.24) is 15.1 Å². The third kappa shape index (κ3) is 5.77. The first-order valence-corrected chi connectivity index (χ1v) is 13.6. The highest BCUT2D eigenvalue weighted by molar-refractivity contribution is 5.85. The van der Waals surface area contributed by atoms with Gasteiger partial charge in [0.15, 0.2) is 0 Å². The summed E-state index contributed by atoms with van der Waals surface area (Å²) in [6.45, 7) is 4.20. The van der Waals surface area contributed by atoms with E-state index in [1.165, 1.54) is 0 Å². The summed E-state index contributed by atoms with van der Waals surface area (Å²) in [4.78, 5) is 30.6. The molecule has 0 aromatic heterocycles. The van der Waals surface area contributed by atoms with E-state index >= 15 is 0 Å². The summed E-state index contributed by atoms with van der Waals surface area (Å²) in [6.07, 6.45) is 5.54. The van der Waals surface area contributed by atoms with Crippen molar-refractivity contribution in [3.05, 3.63) is 59.7 Å². The summed E-state index contributed by atoms with van der Waals surface area (Å²) in [6, 6.07) is 15.9. The summed E-state index contributed by atoms with van der Waals surface area (Å²) in [7, 11) is 3.34. The highest BCUT2D eigenvalue weighted by Gasteiger charge is 2.47. The van der Waals surface area contributed by atoms with Crippen LogP contribution >= 0.6 is 0 Å². The van der Waals surface area contributed by atoms with Crippen LogP contribution in [0.15, 0.2) is 48.5 Å². The predicted octanol–water partition coefficient (Wildman–Crippen LogP) is 4.18. The highest BCUT2D eigenvalue weighted by atomic mass is 16.5. The average Bonchev–Trinajstić information content (AvgIpc) is 3.75. The lowest BCUT2D eigenvalue weighted by atomic mass is 9.77. The van der Waals surface area contributed by atoms with Crippen molar-refractivity contribution in [3.63, 3.8) is 0 Å². The minimum Gasteiger partial charge on any atom is -0.497 e. The van der Waals surface area contributed by atoms with Crippen molar-refractivity contribution in [2.75, 3.05) is 40.4 Å². The van der Waals surface area contributed by atoms with Gasteiger partial charge in [0, 0.05) is 31.1 Å². The lowest BCUT2D eigenvalue weighted by Gasteiger charge is -2.38. The zero-order valence-electron chi connectivity index (χ0n) is 22.1. The van der Waals surface area contributed by atoms with E-state index in [0.717, 1.165) is 87.3 Å². The second kappa shape index (κ2) is 11.1. The van der Waals surface area contributed by atoms with Crippen molar-refractivity contribution in [2.24, 2.45) is 11.3 Å². The molecule has 3 fully saturated rings. The first-order valence-electron chi connectivity index (χ1n) is 13.6. The molecule has 1 aliphatic carbocycles. The van der Waals surface area contributed by atoms with Gasteiger partial charge in [-0.3, -0.25) is 9.59 Å². The molecule has 2 amide bonds. The van der Waals surface area contributed by atoms with Crippen LogP contribution in [0.1, 0.15) is 55.7 Å². The number of carbonyl (C=O) groups is 2. The Balaban J connectivity index is 1.16. The number of benzene rings is 2. The molecule has 7 nitrogen and oxygen atoms in total. The molecule has 7 heteroatoms. The normalized spacial score (nSPS) is 20.2. The lowest BCUT2D eigenvalue weighted by Crippen LogP contribution is -2.45. The molecule has 1 spiro atoms. The van der Waals surface area contributed by atoms with Crippen molar-refractivity contribution in [3.8, 4) is 11.5 Å². The Labute approximate surface area is 220 Å². The van der Waals surface area contributed by atoms with E-state index in [1.807, 2.05) is 47.4 Å². The highest BCUT2D eigenvalue weighted by Crippen LogP contribution is 2.42. The Kier molecular flexibility index (Phi) is 7.70. The number of methoxy groups -OCH3 is 2. The van der Waals surface area contributed by atoms with Gasteiger partial charge in [-0.2, -0.15) is 0 Å². The Morgan fingerprint density at radius 3 is 2.38 bits per heavy atom. The van der Waals surface area contributed by atoms with Gasteiger partial charge in [-0.05, 0) is 75.4 Å². The maximum Gasteiger partial charge on any atom is 0.229 e. The van der Waals surface area contributed by atoms with Gasteiger partial charge in [0.1, 0.15) is 11.5 Å². The van der Waals surface area contributed by atoms with Crippen LogP contribution in [0.3, 0.4) is 0 Å². The molecule has 2 heterocycles. The van der Waals surface area contributed by atoms with Gasteiger partial charge in [-0.25, -0.2) is 0 Å². The largest absolute Gasteiger partial charge is 0.497 e. The van der Waals surface area contributed by atoms with Gasteiger partial charge in [-0.15, -0.1) is 0 Å². The Morgan fingerprint density at radius 2 is 1.70 bits per heavy atom. The number of likely N-dealkylation sites (tertiary alicyclic amines) is 2. The van der Waals surface area contributed by atoms with Crippen molar-refractivity contribution in [2.45, 2.75) is 51.1 Å². The maximum absolute atomic E-state index is 13.5. The molecular weight excluding hydrogens is 466 g/mol. The predicted molar refractivity (Wildman–Crippen MR) is 142 cm³/mol. The van der Waals surface area contributed by atoms with E-state index in [9.17, 15) is 9.59 Å². The summed E-state index contributed by atoms with van der Waals surface area (Å²) < 4.78 is 10.9. The number of hydrogen-bond acceptors (Lipinski definition) is 5. The zero-order chi connectivity index (χ0) is 25.8. The first-order chi connectivity index (χ1) is 18.0. The van der Waals surface area contributed by atoms with Crippen LogP contribution in [0.5, 0.6) is 11.5 Å². The van der Waals surface area contributed by atoms with Crippen LogP contribution in [0.4, 0.5) is 0 Å². The molecule has 0 bridgehead atoms. The quantitative estimate of drug-likeness (QED) is 0.525. The summed E-state index contributed by atoms with van der Waals surface area (Å²) >= 11 is 0. The fourth-order valence-electron chi connectivity index (χ4n) is 5.87. The third-order valence-electron chi connectivity index (χ3n) is 8.46. The Bertz CT molecular complexity index is 1090. The third-order valence-corrected chi connectivity index (χ3v) is 8.46. The number of rotatable bonds is 10. The Morgan fingerprint density at radius 1 is 1.00 bits per heavy atom. The molecule has 1 atom stereocenters. The van der Waals surface area contributed by atoms with E-state index in [4.69, 9.17) is 9.47 Å². The van der Waals surface area contributed by atoms with Crippen LogP contribution in [0.25, 0.3) is 0 Å². The second-order valence-electron chi connectivity index (χ2n) is 10.8. The molecule has 2 saturated heterocycles. The van der Waals surface area contributed by atoms with E-state index in [0.29, 0.717) is 12.5 Å². The molecule has 2 aromatic carbocycles. The second-order valence-corrected chi connectivity index (χ2v) is 10.8. The molecule has 198 valence electrons. The number of para-hydroxylation sites is 1. The number of amides is 2. The van der Waals surface area contributed by atoms with Gasteiger partial charge in [-0.1, -0.05) is 30.3 Å². The molecule has 2 aliphatic heterocycles. The minimum absolute atomic E-state index is 0.0757. The van der Waals surface area contributed by atoms with Crippen LogP contribution in [0, 0.1) is 11.3 Å². The van der Waals surface area contributed by atoms with Gasteiger partial charge >= 0.3 is 0 Å². The van der Waals surface area contributed by atoms with Gasteiger partial charge in [0.2, 0.25) is 11.8 Å². The maximum atomic E-state index is 13.5. The van der Waals surface area contributed by atoms with Gasteiger partial charge in [0.05, 0.1) is 25.7 Å². The molecule has 5 rings (SSSR count). The Hall–Kier alpha value is -3.06. The van der Waals surface area contributed by atoms with Crippen LogP contribution in [-0.2, 0) is 16.1 Å². The molecule has 1 unspecified atom stereocenters. The first kappa shape index (κ1) is 25.6. The smallest absolute Gasteiger partial charge is 0.229 e. The standard InChI is InChI=1S/C30H39N3O4/c1-36-24-11-7-22(8-12-24)21-33-20-16-30(29(33)35)14-18-32(19-15-30)17-13-26(31-28(34)23-9-10-23)25-5-3-4-6-27(25)37-2/h3-8,11-12,23,26H,9-10,13-21H2,1-2H3,(H,31,34). The van der Waals surface area contributed by atoms with Crippen molar-refractivity contribution >= 4 is 11.8 Å². The monoisotopic (exact) mass is 505 g/mol. The fraction of sp³-hybridized carbons (Fsp3) is 0.533. The zero-order valence-corrected chi connectivity index (χ0v) is 22.1. The van der Waals surface area contributed by atoms with E-state index in [2.05, 4.69) is 16.3 Å². The van der Waals surface area contributed by atoms with E-state index in [-0.39, 0.29) is 23.3 Å². The molecule has 1 N–H and O–H groups in total. The number of carbonyl (C=O) groups excluding carboxylic acids is 2. The van der Waals surface area contributed by atoms with E-state index < -0.39 is 0 Å². The topological polar surface area (TPSA) is 71.1 Å². The molecule has 2 aromatic rings. The van der Waals surface area contributed by atoms with Gasteiger partial charge in [0.25, 0.3) is 0 Å². The van der Waals surface area contributed by atoms with Gasteiger partial charge < -0.3 is 24.6 Å².